The molecule has 174 valence electrons. The summed E-state index contributed by atoms with van der Waals surface area (Å²) in [5, 5.41) is 13.0. The zero-order valence-electron chi connectivity index (χ0n) is 18.9. The fourth-order valence-corrected chi connectivity index (χ4v) is 3.76. The molecule has 0 fully saturated rings. The van der Waals surface area contributed by atoms with Crippen LogP contribution >= 0.6 is 0 Å². The predicted molar refractivity (Wildman–Crippen MR) is 124 cm³/mol. The average Bonchev–Trinajstić information content (AvgIpc) is 3.09. The summed E-state index contributed by atoms with van der Waals surface area (Å²) in [7, 11) is 2.88. The molecule has 1 amide bonds. The van der Waals surface area contributed by atoms with Crippen LogP contribution in [0.3, 0.4) is 0 Å². The van der Waals surface area contributed by atoms with Crippen molar-refractivity contribution in [3.05, 3.63) is 76.9 Å². The molecule has 0 spiro atoms. The largest absolute Gasteiger partial charge is 0.502 e. The Morgan fingerprint density at radius 3 is 2.53 bits per heavy atom. The van der Waals surface area contributed by atoms with Gasteiger partial charge in [-0.2, -0.15) is 4.39 Å². The number of hydrogen-bond donors (Lipinski definition) is 2. The lowest BCUT2D eigenvalue weighted by Gasteiger charge is -2.10. The molecule has 1 aliphatic rings. The first-order valence-electron chi connectivity index (χ1n) is 10.5. The van der Waals surface area contributed by atoms with Crippen molar-refractivity contribution in [3.8, 4) is 17.2 Å². The van der Waals surface area contributed by atoms with Gasteiger partial charge >= 0.3 is 0 Å². The number of ether oxygens (including phenoxy) is 2. The number of pyridine rings is 1. The van der Waals surface area contributed by atoms with Gasteiger partial charge in [0.25, 0.3) is 0 Å². The SMILES string of the molecule is COc1cc(/C=C2/C(C)=C(CC(=O)NCc3ccccn3)c3nc(F)cnc32)cc(OC)c1O. The van der Waals surface area contributed by atoms with Crippen molar-refractivity contribution in [2.24, 2.45) is 0 Å². The van der Waals surface area contributed by atoms with E-state index in [1.54, 1.807) is 24.4 Å². The van der Waals surface area contributed by atoms with Gasteiger partial charge in [0.15, 0.2) is 11.5 Å². The quantitative estimate of drug-likeness (QED) is 0.551. The third kappa shape index (κ3) is 4.59. The maximum Gasteiger partial charge on any atom is 0.231 e. The Kier molecular flexibility index (Phi) is 6.53. The van der Waals surface area contributed by atoms with E-state index in [-0.39, 0.29) is 36.1 Å². The van der Waals surface area contributed by atoms with Crippen molar-refractivity contribution < 1.29 is 23.8 Å². The smallest absolute Gasteiger partial charge is 0.231 e. The number of carbonyl (C=O) groups excluding carboxylic acids is 1. The van der Waals surface area contributed by atoms with E-state index in [0.29, 0.717) is 28.1 Å². The Morgan fingerprint density at radius 2 is 1.88 bits per heavy atom. The van der Waals surface area contributed by atoms with Crippen molar-refractivity contribution in [1.82, 2.24) is 20.3 Å². The molecule has 2 heterocycles. The number of phenols is 1. The summed E-state index contributed by atoms with van der Waals surface area (Å²) in [5.41, 5.74) is 4.22. The van der Waals surface area contributed by atoms with E-state index in [2.05, 4.69) is 20.3 Å². The summed E-state index contributed by atoms with van der Waals surface area (Å²) in [6.07, 6.45) is 4.51. The molecular formula is C25H23FN4O4. The second-order valence-electron chi connectivity index (χ2n) is 7.60. The lowest BCUT2D eigenvalue weighted by molar-refractivity contribution is -0.120. The molecule has 0 saturated carbocycles. The molecule has 1 aliphatic carbocycles. The number of fused-ring (bicyclic) bond motifs is 1. The minimum atomic E-state index is -0.729. The minimum absolute atomic E-state index is 0.00333. The Balaban J connectivity index is 1.68. The summed E-state index contributed by atoms with van der Waals surface area (Å²) >= 11 is 0. The third-order valence-electron chi connectivity index (χ3n) is 5.48. The van der Waals surface area contributed by atoms with Gasteiger partial charge in [0.1, 0.15) is 0 Å². The van der Waals surface area contributed by atoms with Gasteiger partial charge in [0.05, 0.1) is 50.5 Å². The number of nitrogens with zero attached hydrogens (tertiary/aromatic N) is 3. The lowest BCUT2D eigenvalue weighted by Crippen LogP contribution is -2.23. The fourth-order valence-electron chi connectivity index (χ4n) is 3.76. The van der Waals surface area contributed by atoms with Crippen molar-refractivity contribution in [1.29, 1.82) is 0 Å². The molecule has 4 rings (SSSR count). The fraction of sp³-hybridized carbons (Fsp3) is 0.200. The first kappa shape index (κ1) is 22.9. The highest BCUT2D eigenvalue weighted by Gasteiger charge is 2.29. The van der Waals surface area contributed by atoms with Crippen molar-refractivity contribution in [2.45, 2.75) is 19.9 Å². The monoisotopic (exact) mass is 462 g/mol. The van der Waals surface area contributed by atoms with E-state index >= 15 is 0 Å². The molecule has 0 unspecified atom stereocenters. The van der Waals surface area contributed by atoms with E-state index < -0.39 is 5.95 Å². The number of methoxy groups -OCH3 is 2. The van der Waals surface area contributed by atoms with Crippen LogP contribution in [0.15, 0.2) is 48.3 Å². The number of phenolic OH excluding ortho intramolecular Hbond substituents is 1. The van der Waals surface area contributed by atoms with Crippen molar-refractivity contribution in [3.63, 3.8) is 0 Å². The molecule has 0 aliphatic heterocycles. The van der Waals surface area contributed by atoms with E-state index in [0.717, 1.165) is 17.5 Å². The van der Waals surface area contributed by atoms with E-state index in [4.69, 9.17) is 9.47 Å². The lowest BCUT2D eigenvalue weighted by atomic mass is 10.0. The number of aromatic nitrogens is 3. The number of carbonyl (C=O) groups is 1. The molecule has 9 heteroatoms. The van der Waals surface area contributed by atoms with Gasteiger partial charge < -0.3 is 19.9 Å². The molecular weight excluding hydrogens is 439 g/mol. The highest BCUT2D eigenvalue weighted by Crippen LogP contribution is 2.43. The summed E-state index contributed by atoms with van der Waals surface area (Å²) in [5.74, 6) is -0.604. The van der Waals surface area contributed by atoms with Gasteiger partial charge in [-0.25, -0.2) is 9.97 Å². The third-order valence-corrected chi connectivity index (χ3v) is 5.48. The van der Waals surface area contributed by atoms with Crippen LogP contribution in [0, 0.1) is 5.95 Å². The van der Waals surface area contributed by atoms with E-state index in [9.17, 15) is 14.3 Å². The number of amides is 1. The van der Waals surface area contributed by atoms with Gasteiger partial charge in [-0.15, -0.1) is 0 Å². The molecule has 8 nitrogen and oxygen atoms in total. The highest BCUT2D eigenvalue weighted by molar-refractivity contribution is 6.06. The van der Waals surface area contributed by atoms with Gasteiger partial charge in [-0.3, -0.25) is 9.78 Å². The van der Waals surface area contributed by atoms with Gasteiger partial charge in [0.2, 0.25) is 17.6 Å². The molecule has 3 aromatic rings. The van der Waals surface area contributed by atoms with Crippen LogP contribution in [-0.4, -0.2) is 40.2 Å². The van der Waals surface area contributed by atoms with Crippen LogP contribution in [-0.2, 0) is 11.3 Å². The molecule has 0 saturated heterocycles. The van der Waals surface area contributed by atoms with Crippen LogP contribution in [0.5, 0.6) is 17.2 Å². The molecule has 34 heavy (non-hydrogen) atoms. The topological polar surface area (TPSA) is 106 Å². The number of halogens is 1. The van der Waals surface area contributed by atoms with Crippen LogP contribution < -0.4 is 14.8 Å². The van der Waals surface area contributed by atoms with Crippen molar-refractivity contribution in [2.75, 3.05) is 14.2 Å². The number of nitrogens with one attached hydrogen (secondary N) is 1. The highest BCUT2D eigenvalue weighted by atomic mass is 19.1. The maximum absolute atomic E-state index is 14.0. The molecule has 2 aromatic heterocycles. The summed E-state index contributed by atoms with van der Waals surface area (Å²) in [4.78, 5) is 25.1. The van der Waals surface area contributed by atoms with Gasteiger partial charge in [-0.1, -0.05) is 6.07 Å². The normalized spacial score (nSPS) is 13.7. The van der Waals surface area contributed by atoms with E-state index in [1.807, 2.05) is 25.1 Å². The number of aromatic hydroxyl groups is 1. The number of allylic oxidation sites excluding steroid dienone is 2. The molecule has 0 radical (unpaired) electrons. The number of rotatable bonds is 7. The number of benzene rings is 1. The van der Waals surface area contributed by atoms with Gasteiger partial charge in [-0.05, 0) is 54.0 Å². The minimum Gasteiger partial charge on any atom is -0.502 e. The molecule has 0 bridgehead atoms. The zero-order valence-corrected chi connectivity index (χ0v) is 18.9. The Morgan fingerprint density at radius 1 is 1.15 bits per heavy atom. The first-order chi connectivity index (χ1) is 16.4. The predicted octanol–water partition coefficient (Wildman–Crippen LogP) is 3.77. The Labute approximate surface area is 195 Å². The van der Waals surface area contributed by atoms with Crippen LogP contribution in [0.25, 0.3) is 17.2 Å². The Hall–Kier alpha value is -4.27. The molecule has 0 atom stereocenters. The standard InChI is InChI=1S/C25H23FN4O4/c1-14-17(8-15-9-19(33-2)25(32)20(10-15)34-3)23-24(30-21(26)13-29-23)18(14)11-22(31)28-12-16-6-4-5-7-27-16/h4-10,13,32H,11-12H2,1-3H3,(H,28,31)/b17-8-. The summed E-state index contributed by atoms with van der Waals surface area (Å²) in [6, 6.07) is 8.75. The second-order valence-corrected chi connectivity index (χ2v) is 7.60. The molecule has 1 aromatic carbocycles. The maximum atomic E-state index is 14.0. The van der Waals surface area contributed by atoms with Crippen LogP contribution in [0.4, 0.5) is 4.39 Å². The number of hydrogen-bond acceptors (Lipinski definition) is 7. The average molecular weight is 462 g/mol. The second kappa shape index (κ2) is 9.70. The van der Waals surface area contributed by atoms with Crippen LogP contribution in [0.2, 0.25) is 0 Å². The molecule has 2 N–H and O–H groups in total. The summed E-state index contributed by atoms with van der Waals surface area (Å²) < 4.78 is 24.4. The van der Waals surface area contributed by atoms with E-state index in [1.165, 1.54) is 14.2 Å². The summed E-state index contributed by atoms with van der Waals surface area (Å²) in [6.45, 7) is 2.12. The van der Waals surface area contributed by atoms with Crippen LogP contribution in [0.1, 0.15) is 36.0 Å². The van der Waals surface area contributed by atoms with Gasteiger partial charge in [0, 0.05) is 11.8 Å². The Bertz CT molecular complexity index is 1280. The van der Waals surface area contributed by atoms with Crippen molar-refractivity contribution >= 4 is 23.1 Å². The zero-order chi connectivity index (χ0) is 24.2. The first-order valence-corrected chi connectivity index (χ1v) is 10.5.